The molecule has 0 N–H and O–H groups in total. The van der Waals surface area contributed by atoms with Crippen molar-refractivity contribution in [2.24, 2.45) is 0 Å². The molecule has 0 saturated heterocycles. The average molecular weight is 150 g/mol. The molecule has 2 heteroatoms. The van der Waals surface area contributed by atoms with Crippen molar-refractivity contribution in [1.82, 2.24) is 0 Å². The molecule has 0 heterocycles. The van der Waals surface area contributed by atoms with E-state index in [1.165, 1.54) is 0 Å². The lowest BCUT2D eigenvalue weighted by Gasteiger charge is -2.06. The van der Waals surface area contributed by atoms with Crippen LogP contribution >= 0.6 is 0 Å². The zero-order valence-electron chi connectivity index (χ0n) is 7.55. The van der Waals surface area contributed by atoms with Gasteiger partial charge in [-0.25, -0.2) is 0 Å². The van der Waals surface area contributed by atoms with Gasteiger partial charge >= 0.3 is 7.48 Å². The van der Waals surface area contributed by atoms with Crippen molar-refractivity contribution < 1.29 is 4.65 Å². The smallest absolute Gasteiger partial charge is 0.336 e. The van der Waals surface area contributed by atoms with Gasteiger partial charge in [-0.15, -0.1) is 0 Å². The van der Waals surface area contributed by atoms with E-state index in [-0.39, 0.29) is 0 Å². The van der Waals surface area contributed by atoms with Gasteiger partial charge in [0.1, 0.15) is 5.76 Å². The Hall–Kier alpha value is -0.915. The van der Waals surface area contributed by atoms with E-state index in [4.69, 9.17) is 4.65 Å². The maximum atomic E-state index is 5.32. The lowest BCUT2D eigenvalue weighted by atomic mass is 10.1. The molecule has 0 rings (SSSR count). The van der Waals surface area contributed by atoms with Gasteiger partial charge in [0.2, 0.25) is 0 Å². The van der Waals surface area contributed by atoms with Gasteiger partial charge in [-0.1, -0.05) is 25.6 Å². The SMILES string of the molecule is C=C(C)/C(=C\C=C/C)OBC. The van der Waals surface area contributed by atoms with Gasteiger partial charge in [-0.05, 0) is 25.5 Å². The van der Waals surface area contributed by atoms with E-state index in [2.05, 4.69) is 6.58 Å². The van der Waals surface area contributed by atoms with E-state index < -0.39 is 0 Å². The third-order valence-electron chi connectivity index (χ3n) is 1.16. The minimum absolute atomic E-state index is 0.691. The number of rotatable bonds is 4. The summed E-state index contributed by atoms with van der Waals surface area (Å²) in [6.45, 7) is 9.67. The van der Waals surface area contributed by atoms with Crippen molar-refractivity contribution in [3.05, 3.63) is 36.1 Å². The first-order chi connectivity index (χ1) is 5.22. The Kier molecular flexibility index (Phi) is 5.35. The van der Waals surface area contributed by atoms with Crippen LogP contribution in [0.5, 0.6) is 0 Å². The van der Waals surface area contributed by atoms with Gasteiger partial charge in [0.15, 0.2) is 0 Å². The van der Waals surface area contributed by atoms with Crippen LogP contribution in [0.15, 0.2) is 36.1 Å². The molecule has 0 aliphatic rings. The Balaban J connectivity index is 4.20. The van der Waals surface area contributed by atoms with Crippen molar-refractivity contribution in [2.45, 2.75) is 20.7 Å². The molecule has 0 radical (unpaired) electrons. The first kappa shape index (κ1) is 10.1. The summed E-state index contributed by atoms with van der Waals surface area (Å²) < 4.78 is 5.32. The second kappa shape index (κ2) is 5.84. The van der Waals surface area contributed by atoms with E-state index in [1.54, 1.807) is 0 Å². The maximum Gasteiger partial charge on any atom is 0.336 e. The van der Waals surface area contributed by atoms with Gasteiger partial charge in [0.25, 0.3) is 0 Å². The van der Waals surface area contributed by atoms with E-state index in [9.17, 15) is 0 Å². The molecule has 0 aromatic carbocycles. The Bertz CT molecular complexity index is 180. The fraction of sp³-hybridized carbons (Fsp3) is 0.333. The number of allylic oxidation sites excluding steroid dienone is 4. The van der Waals surface area contributed by atoms with Crippen molar-refractivity contribution in [3.63, 3.8) is 0 Å². The molecule has 0 unspecified atom stereocenters. The molecule has 0 fully saturated rings. The minimum atomic E-state index is 0.691. The Morgan fingerprint density at radius 2 is 2.18 bits per heavy atom. The summed E-state index contributed by atoms with van der Waals surface area (Å²) >= 11 is 0. The average Bonchev–Trinajstić information content (AvgIpc) is 1.97. The lowest BCUT2D eigenvalue weighted by Crippen LogP contribution is -1.94. The molecule has 0 aromatic rings. The largest absolute Gasteiger partial charge is 0.564 e. The highest BCUT2D eigenvalue weighted by Crippen LogP contribution is 2.07. The van der Waals surface area contributed by atoms with E-state index in [0.717, 1.165) is 11.3 Å². The zero-order valence-corrected chi connectivity index (χ0v) is 7.55. The highest BCUT2D eigenvalue weighted by molar-refractivity contribution is 6.25. The summed E-state index contributed by atoms with van der Waals surface area (Å²) in [5.74, 6) is 0.866. The Labute approximate surface area is 69.7 Å². The van der Waals surface area contributed by atoms with Crippen molar-refractivity contribution in [3.8, 4) is 0 Å². The van der Waals surface area contributed by atoms with Gasteiger partial charge in [-0.3, -0.25) is 0 Å². The summed E-state index contributed by atoms with van der Waals surface area (Å²) in [5, 5.41) is 0. The van der Waals surface area contributed by atoms with Crippen molar-refractivity contribution >= 4 is 7.48 Å². The van der Waals surface area contributed by atoms with Crippen LogP contribution in [0.3, 0.4) is 0 Å². The molecule has 0 saturated carbocycles. The predicted molar refractivity (Wildman–Crippen MR) is 51.8 cm³/mol. The van der Waals surface area contributed by atoms with Crippen LogP contribution in [0.4, 0.5) is 0 Å². The van der Waals surface area contributed by atoms with Gasteiger partial charge in [0.05, 0.1) is 0 Å². The molecule has 0 aliphatic heterocycles. The van der Waals surface area contributed by atoms with E-state index in [1.807, 2.05) is 38.9 Å². The Morgan fingerprint density at radius 3 is 2.55 bits per heavy atom. The van der Waals surface area contributed by atoms with Crippen LogP contribution in [0.2, 0.25) is 6.82 Å². The van der Waals surface area contributed by atoms with Crippen LogP contribution in [0, 0.1) is 0 Å². The fourth-order valence-corrected chi connectivity index (χ4v) is 0.653. The van der Waals surface area contributed by atoms with Gasteiger partial charge in [0, 0.05) is 0 Å². The molecule has 0 aliphatic carbocycles. The van der Waals surface area contributed by atoms with Gasteiger partial charge < -0.3 is 4.65 Å². The third kappa shape index (κ3) is 4.48. The monoisotopic (exact) mass is 150 g/mol. The molecule has 0 amide bonds. The van der Waals surface area contributed by atoms with Crippen LogP contribution in [0.25, 0.3) is 0 Å². The summed E-state index contributed by atoms with van der Waals surface area (Å²) in [6.07, 6.45) is 5.83. The molecule has 0 atom stereocenters. The maximum absolute atomic E-state index is 5.32. The first-order valence-corrected chi connectivity index (χ1v) is 3.84. The standard InChI is InChI=1S/C9H15BO/c1-5-6-7-9(8(2)3)11-10-4/h5-7,10H,2H2,1,3-4H3/b6-5-,9-7+. The predicted octanol–water partition coefficient (Wildman–Crippen LogP) is 2.44. The summed E-state index contributed by atoms with van der Waals surface area (Å²) in [4.78, 5) is 0. The Morgan fingerprint density at radius 1 is 1.55 bits per heavy atom. The molecule has 0 aromatic heterocycles. The third-order valence-corrected chi connectivity index (χ3v) is 1.16. The van der Waals surface area contributed by atoms with E-state index in [0.29, 0.717) is 7.48 Å². The summed E-state index contributed by atoms with van der Waals surface area (Å²) in [5.41, 5.74) is 0.963. The second-order valence-corrected chi connectivity index (χ2v) is 2.27. The quantitative estimate of drug-likeness (QED) is 0.339. The van der Waals surface area contributed by atoms with E-state index >= 15 is 0 Å². The summed E-state index contributed by atoms with van der Waals surface area (Å²) in [7, 11) is 0.691. The van der Waals surface area contributed by atoms with Crippen LogP contribution in [-0.2, 0) is 4.65 Å². The molecule has 0 bridgehead atoms. The lowest BCUT2D eigenvalue weighted by molar-refractivity contribution is 0.469. The van der Waals surface area contributed by atoms with Gasteiger partial charge in [-0.2, -0.15) is 0 Å². The zero-order chi connectivity index (χ0) is 8.69. The molecule has 1 nitrogen and oxygen atoms in total. The highest BCUT2D eigenvalue weighted by atomic mass is 16.4. The molecule has 0 spiro atoms. The second-order valence-electron chi connectivity index (χ2n) is 2.27. The highest BCUT2D eigenvalue weighted by Gasteiger charge is 1.94. The number of hydrogen-bond donors (Lipinski definition) is 0. The molecular formula is C9H15BO. The summed E-state index contributed by atoms with van der Waals surface area (Å²) in [6, 6.07) is 0. The minimum Gasteiger partial charge on any atom is -0.564 e. The van der Waals surface area contributed by atoms with Crippen LogP contribution in [-0.4, -0.2) is 7.48 Å². The normalized spacial score (nSPS) is 11.7. The fourth-order valence-electron chi connectivity index (χ4n) is 0.653. The first-order valence-electron chi connectivity index (χ1n) is 3.84. The van der Waals surface area contributed by atoms with Crippen molar-refractivity contribution in [2.75, 3.05) is 0 Å². The number of hydrogen-bond acceptors (Lipinski definition) is 1. The van der Waals surface area contributed by atoms with Crippen molar-refractivity contribution in [1.29, 1.82) is 0 Å². The molecular weight excluding hydrogens is 135 g/mol. The molecule has 60 valence electrons. The molecule has 11 heavy (non-hydrogen) atoms. The van der Waals surface area contributed by atoms with Crippen LogP contribution < -0.4 is 0 Å². The van der Waals surface area contributed by atoms with Crippen LogP contribution in [0.1, 0.15) is 13.8 Å². The topological polar surface area (TPSA) is 9.23 Å².